The van der Waals surface area contributed by atoms with E-state index >= 15 is 0 Å². The van der Waals surface area contributed by atoms with Gasteiger partial charge in [0.1, 0.15) is 0 Å². The fourth-order valence-corrected chi connectivity index (χ4v) is 2.85. The lowest BCUT2D eigenvalue weighted by Gasteiger charge is -2.32. The molecule has 5 nitrogen and oxygen atoms in total. The normalized spacial score (nSPS) is 19.6. The maximum absolute atomic E-state index is 11.4. The molecule has 1 aromatic heterocycles. The largest absolute Gasteiger partial charge is 0.491 e. The summed E-state index contributed by atoms with van der Waals surface area (Å²) in [7, 11) is -0.524. The summed E-state index contributed by atoms with van der Waals surface area (Å²) in [5.74, 6) is 0.473. The van der Waals surface area contributed by atoms with Crippen molar-refractivity contribution in [3.8, 4) is 0 Å². The van der Waals surface area contributed by atoms with Crippen LogP contribution in [0.25, 0.3) is 6.08 Å². The van der Waals surface area contributed by atoms with Crippen LogP contribution < -0.4 is 5.73 Å². The van der Waals surface area contributed by atoms with Gasteiger partial charge in [0.25, 0.3) is 0 Å². The van der Waals surface area contributed by atoms with Crippen LogP contribution in [0.1, 0.15) is 45.9 Å². The van der Waals surface area contributed by atoms with E-state index in [9.17, 15) is 4.79 Å². The Balaban J connectivity index is 2.35. The summed E-state index contributed by atoms with van der Waals surface area (Å²) in [5, 5.41) is 0.0438. The lowest BCUT2D eigenvalue weighted by atomic mass is 9.78. The van der Waals surface area contributed by atoms with Crippen molar-refractivity contribution in [1.29, 1.82) is 0 Å². The van der Waals surface area contributed by atoms with Gasteiger partial charge in [0.2, 0.25) is 0 Å². The molecule has 0 aliphatic carbocycles. The number of hydrogen-bond donors (Lipinski definition) is 1. The number of aromatic nitrogens is 1. The summed E-state index contributed by atoms with van der Waals surface area (Å²) < 4.78 is 12.2. The highest BCUT2D eigenvalue weighted by molar-refractivity contribution is 8.13. The summed E-state index contributed by atoms with van der Waals surface area (Å²) in [6.07, 6.45) is 3.63. The second-order valence-corrected chi connectivity index (χ2v) is 8.23. The van der Waals surface area contributed by atoms with Crippen LogP contribution in [-0.2, 0) is 14.1 Å². The Hall–Kier alpha value is -1.31. The van der Waals surface area contributed by atoms with Crippen LogP contribution in [0.5, 0.6) is 0 Å². The van der Waals surface area contributed by atoms with Crippen LogP contribution in [0, 0.1) is 6.92 Å². The second kappa shape index (κ2) is 6.90. The quantitative estimate of drug-likeness (QED) is 0.842. The molecule has 0 radical (unpaired) electrons. The van der Waals surface area contributed by atoms with Crippen molar-refractivity contribution in [1.82, 2.24) is 4.98 Å². The van der Waals surface area contributed by atoms with Crippen molar-refractivity contribution in [3.05, 3.63) is 29.0 Å². The number of aryl methyl sites for hydroxylation is 1. The monoisotopic (exact) mass is 348 g/mol. The van der Waals surface area contributed by atoms with Gasteiger partial charge in [-0.1, -0.05) is 11.8 Å². The van der Waals surface area contributed by atoms with Crippen molar-refractivity contribution in [2.75, 3.05) is 11.5 Å². The molecule has 1 aromatic rings. The minimum Gasteiger partial charge on any atom is -0.400 e. The predicted molar refractivity (Wildman–Crippen MR) is 101 cm³/mol. The first kappa shape index (κ1) is 19.0. The third kappa shape index (κ3) is 4.20. The van der Waals surface area contributed by atoms with Gasteiger partial charge in [0.05, 0.1) is 22.6 Å². The topological polar surface area (TPSA) is 74.4 Å². The molecule has 2 heterocycles. The minimum atomic E-state index is -0.524. The van der Waals surface area contributed by atoms with Gasteiger partial charge in [-0.2, -0.15) is 0 Å². The van der Waals surface area contributed by atoms with E-state index in [1.807, 2.05) is 46.8 Å². The van der Waals surface area contributed by atoms with E-state index in [0.29, 0.717) is 17.1 Å². The molecular weight excluding hydrogens is 323 g/mol. The standard InChI is InChI=1S/C17H25BN2O3S/c1-11-7-14(19)15(20-9-11)8-13(10-24-12(2)21)18-22-16(3,4)17(5,6)23-18/h7-9H,10,19H2,1-6H3. The molecule has 1 aliphatic rings. The van der Waals surface area contributed by atoms with E-state index in [2.05, 4.69) is 4.98 Å². The first-order valence-electron chi connectivity index (χ1n) is 7.93. The van der Waals surface area contributed by atoms with Crippen molar-refractivity contribution in [3.63, 3.8) is 0 Å². The highest BCUT2D eigenvalue weighted by atomic mass is 32.2. The molecule has 1 saturated heterocycles. The SMILES string of the molecule is CC(=O)SCC(=Cc1ncc(C)cc1N)B1OC(C)(C)C(C)(C)O1. The molecule has 0 saturated carbocycles. The Morgan fingerprint density at radius 2 is 1.92 bits per heavy atom. The molecule has 130 valence electrons. The molecule has 2 rings (SSSR count). The molecule has 0 unspecified atom stereocenters. The van der Waals surface area contributed by atoms with Gasteiger partial charge in [-0.15, -0.1) is 0 Å². The number of thioether (sulfide) groups is 1. The average molecular weight is 348 g/mol. The van der Waals surface area contributed by atoms with Gasteiger partial charge in [0.15, 0.2) is 5.12 Å². The van der Waals surface area contributed by atoms with Crippen molar-refractivity contribution in [2.24, 2.45) is 0 Å². The molecule has 0 amide bonds. The zero-order valence-electron chi connectivity index (χ0n) is 15.2. The maximum atomic E-state index is 11.4. The summed E-state index contributed by atoms with van der Waals surface area (Å²) in [4.78, 5) is 15.8. The van der Waals surface area contributed by atoms with Crippen LogP contribution in [0.2, 0.25) is 0 Å². The first-order valence-corrected chi connectivity index (χ1v) is 8.92. The Labute approximate surface area is 148 Å². The minimum absolute atomic E-state index is 0.0438. The summed E-state index contributed by atoms with van der Waals surface area (Å²) in [6.45, 7) is 11.5. The molecule has 0 spiro atoms. The zero-order chi connectivity index (χ0) is 18.1. The molecule has 7 heteroatoms. The third-order valence-electron chi connectivity index (χ3n) is 4.41. The number of nitrogens with zero attached hydrogens (tertiary/aromatic N) is 1. The van der Waals surface area contributed by atoms with E-state index in [4.69, 9.17) is 15.0 Å². The number of carbonyl (C=O) groups excluding carboxylic acids is 1. The number of nitrogen functional groups attached to an aromatic ring is 1. The average Bonchev–Trinajstić information content (AvgIpc) is 2.65. The lowest BCUT2D eigenvalue weighted by Crippen LogP contribution is -2.41. The van der Waals surface area contributed by atoms with Gasteiger partial charge in [-0.05, 0) is 57.8 Å². The molecule has 24 heavy (non-hydrogen) atoms. The van der Waals surface area contributed by atoms with Crippen LogP contribution in [0.4, 0.5) is 5.69 Å². The van der Waals surface area contributed by atoms with E-state index in [1.165, 1.54) is 11.8 Å². The number of nitrogens with two attached hydrogens (primary N) is 1. The van der Waals surface area contributed by atoms with Gasteiger partial charge in [0, 0.05) is 18.9 Å². The van der Waals surface area contributed by atoms with E-state index < -0.39 is 18.3 Å². The fraction of sp³-hybridized carbons (Fsp3) is 0.529. The lowest BCUT2D eigenvalue weighted by molar-refractivity contribution is -0.109. The third-order valence-corrected chi connectivity index (χ3v) is 5.29. The van der Waals surface area contributed by atoms with Crippen LogP contribution in [0.3, 0.4) is 0 Å². The Morgan fingerprint density at radius 3 is 2.42 bits per heavy atom. The zero-order valence-corrected chi connectivity index (χ0v) is 16.0. The van der Waals surface area contributed by atoms with Gasteiger partial charge in [-0.25, -0.2) is 0 Å². The fourth-order valence-electron chi connectivity index (χ4n) is 2.26. The summed E-state index contributed by atoms with van der Waals surface area (Å²) in [5.41, 5.74) is 8.29. The second-order valence-electron chi connectivity index (χ2n) is 7.07. The van der Waals surface area contributed by atoms with Crippen LogP contribution in [-0.4, -0.2) is 34.2 Å². The van der Waals surface area contributed by atoms with Crippen molar-refractivity contribution in [2.45, 2.75) is 52.7 Å². The summed E-state index contributed by atoms with van der Waals surface area (Å²) in [6, 6.07) is 1.87. The van der Waals surface area contributed by atoms with E-state index in [1.54, 1.807) is 13.1 Å². The number of anilines is 1. The molecule has 0 aromatic carbocycles. The van der Waals surface area contributed by atoms with Gasteiger partial charge >= 0.3 is 7.12 Å². The molecule has 1 aliphatic heterocycles. The highest BCUT2D eigenvalue weighted by Crippen LogP contribution is 2.39. The smallest absolute Gasteiger partial charge is 0.400 e. The Morgan fingerprint density at radius 1 is 1.33 bits per heavy atom. The van der Waals surface area contributed by atoms with Crippen molar-refractivity contribution < 1.29 is 14.1 Å². The van der Waals surface area contributed by atoms with Gasteiger partial charge in [-0.3, -0.25) is 9.78 Å². The summed E-state index contributed by atoms with van der Waals surface area (Å²) >= 11 is 1.22. The number of rotatable bonds is 4. The molecule has 0 atom stereocenters. The molecule has 0 bridgehead atoms. The number of carbonyl (C=O) groups is 1. The first-order chi connectivity index (χ1) is 11.0. The molecule has 1 fully saturated rings. The maximum Gasteiger partial charge on any atom is 0.491 e. The Bertz CT molecular complexity index is 658. The van der Waals surface area contributed by atoms with Crippen LogP contribution in [0.15, 0.2) is 17.7 Å². The van der Waals surface area contributed by atoms with Gasteiger partial charge < -0.3 is 15.0 Å². The van der Waals surface area contributed by atoms with Crippen molar-refractivity contribution >= 4 is 35.8 Å². The van der Waals surface area contributed by atoms with E-state index in [0.717, 1.165) is 11.0 Å². The van der Waals surface area contributed by atoms with Crippen LogP contribution >= 0.6 is 11.8 Å². The number of hydrogen-bond acceptors (Lipinski definition) is 6. The highest BCUT2D eigenvalue weighted by Gasteiger charge is 2.52. The number of pyridine rings is 1. The predicted octanol–water partition coefficient (Wildman–Crippen LogP) is 3.27. The molecule has 2 N–H and O–H groups in total. The molecular formula is C17H25BN2O3S. The van der Waals surface area contributed by atoms with E-state index in [-0.39, 0.29) is 5.12 Å². The Kier molecular flexibility index (Phi) is 5.47.